The molecule has 0 aliphatic rings. The molecule has 7 heavy (non-hydrogen) atoms. The summed E-state index contributed by atoms with van der Waals surface area (Å²) in [5, 5.41) is 0. The van der Waals surface area contributed by atoms with Gasteiger partial charge in [-0.3, -0.25) is 0 Å². The maximum Gasteiger partial charge on any atom is 0.316 e. The molecule has 0 aromatic rings. The number of rotatable bonds is 2. The Kier molecular flexibility index (Phi) is 35.2. The van der Waals surface area contributed by atoms with E-state index in [0.29, 0.717) is 0 Å². The molecule has 0 aromatic carbocycles. The van der Waals surface area contributed by atoms with Gasteiger partial charge >= 0.3 is 23.1 Å². The highest BCUT2D eigenvalue weighted by molar-refractivity contribution is 8.93. The minimum Gasteiger partial charge on any atom is -0.114 e. The summed E-state index contributed by atoms with van der Waals surface area (Å²) in [6.07, 6.45) is 4.08. The van der Waals surface area contributed by atoms with Crippen molar-refractivity contribution in [2.45, 2.75) is 33.1 Å². The van der Waals surface area contributed by atoms with E-state index in [1.165, 1.54) is 19.3 Å². The van der Waals surface area contributed by atoms with Crippen molar-refractivity contribution in [3.8, 4) is 0 Å². The third-order valence-corrected chi connectivity index (χ3v) is 0.707. The lowest BCUT2D eigenvalue weighted by Crippen LogP contribution is -1.59. The van der Waals surface area contributed by atoms with Gasteiger partial charge in [-0.25, -0.2) is 0 Å². The van der Waals surface area contributed by atoms with Gasteiger partial charge < -0.3 is 0 Å². The molecule has 0 aromatic heterocycles. The Labute approximate surface area is 73.0 Å². The van der Waals surface area contributed by atoms with Crippen LogP contribution in [0.1, 0.15) is 33.1 Å². The average Bonchev–Trinajstić information content (AvgIpc) is 1.41. The van der Waals surface area contributed by atoms with Crippen LogP contribution in [0.4, 0.5) is 0 Å². The van der Waals surface area contributed by atoms with E-state index >= 15 is 0 Å². The fourth-order valence-corrected chi connectivity index (χ4v) is 0.354. The van der Waals surface area contributed by atoms with Gasteiger partial charge in [0.25, 0.3) is 0 Å². The van der Waals surface area contributed by atoms with E-state index in [2.05, 4.69) is 13.8 Å². The summed E-state index contributed by atoms with van der Waals surface area (Å²) < 4.78 is 0. The first-order valence-electron chi connectivity index (χ1n) is 2.41. The van der Waals surface area contributed by atoms with Crippen LogP contribution < -0.4 is 0 Å². The summed E-state index contributed by atoms with van der Waals surface area (Å²) >= 11 is 0. The zero-order valence-electron chi connectivity index (χ0n) is 4.53. The molecule has 2 heteroatoms. The smallest absolute Gasteiger partial charge is 0.114 e. The molecule has 0 saturated carbocycles. The zero-order chi connectivity index (χ0) is 4.12. The van der Waals surface area contributed by atoms with E-state index in [4.69, 9.17) is 0 Å². The maximum absolute atomic E-state index is 2.21. The number of hydrogen-bond acceptors (Lipinski definition) is 0. The molecule has 0 N–H and O–H groups in total. The third kappa shape index (κ3) is 18.9. The predicted octanol–water partition coefficient (Wildman–Crippen LogP) is 1.86. The van der Waals surface area contributed by atoms with Crippen LogP contribution in [-0.2, 0) is 0 Å². The first kappa shape index (κ1) is 15.7. The largest absolute Gasteiger partial charge is 0.316 e. The highest BCUT2D eigenvalue weighted by Gasteiger charge is 1.68. The molecule has 44 valence electrons. The van der Waals surface area contributed by atoms with Crippen LogP contribution in [0.15, 0.2) is 0 Å². The van der Waals surface area contributed by atoms with Gasteiger partial charge in [-0.1, -0.05) is 33.1 Å². The van der Waals surface area contributed by atoms with Crippen LogP contribution in [0.2, 0.25) is 0 Å². The van der Waals surface area contributed by atoms with E-state index in [9.17, 15) is 0 Å². The lowest BCUT2D eigenvalue weighted by atomic mass is 10.3. The van der Waals surface area contributed by atoms with Gasteiger partial charge in [0.2, 0.25) is 0 Å². The lowest BCUT2D eigenvalue weighted by molar-refractivity contribution is 0.772. The number of unbranched alkanes of at least 4 members (excludes halogenated alkanes) is 2. The number of halogens is 1. The maximum atomic E-state index is 2.21. The molecule has 0 heterocycles. The molecule has 0 aliphatic carbocycles. The minimum absolute atomic E-state index is 0. The van der Waals surface area contributed by atoms with Gasteiger partial charge in [0.05, 0.1) is 0 Å². The van der Waals surface area contributed by atoms with Gasteiger partial charge in [-0.05, 0) is 0 Å². The number of hydrogen-bond donors (Lipinski definition) is 0. The molecule has 0 atom stereocenters. The Morgan fingerprint density at radius 2 is 1.29 bits per heavy atom. The summed E-state index contributed by atoms with van der Waals surface area (Å²) in [5.41, 5.74) is 0. The van der Waals surface area contributed by atoms with Crippen LogP contribution in [0, 0.1) is 0 Å². The van der Waals surface area contributed by atoms with Crippen LogP contribution in [0.5, 0.6) is 0 Å². The van der Waals surface area contributed by atoms with Gasteiger partial charge in [0.15, 0.2) is 0 Å². The summed E-state index contributed by atoms with van der Waals surface area (Å²) in [4.78, 5) is 0. The van der Waals surface area contributed by atoms with Gasteiger partial charge in [0.1, 0.15) is 0 Å². The van der Waals surface area contributed by atoms with Gasteiger partial charge in [0, 0.05) is 0 Å². The van der Waals surface area contributed by atoms with Crippen molar-refractivity contribution in [3.63, 3.8) is 0 Å². The Balaban J connectivity index is -0.0000000800. The lowest BCUT2D eigenvalue weighted by Gasteiger charge is -1.79. The monoisotopic (exact) mass is 178 g/mol. The molecule has 0 unspecified atom stereocenters. The Hall–Kier alpha value is 1.25. The average molecular weight is 179 g/mol. The molecule has 0 bridgehead atoms. The van der Waals surface area contributed by atoms with Crippen molar-refractivity contribution in [2.24, 2.45) is 0 Å². The molecule has 0 radical (unpaired) electrons. The Bertz CT molecular complexity index is 15.6. The second-order valence-electron chi connectivity index (χ2n) is 1.35. The van der Waals surface area contributed by atoms with Crippen molar-refractivity contribution >= 4 is 40.0 Å². The third-order valence-electron chi connectivity index (χ3n) is 0.707. The van der Waals surface area contributed by atoms with Crippen molar-refractivity contribution in [1.82, 2.24) is 0 Å². The summed E-state index contributed by atoms with van der Waals surface area (Å²) in [6, 6.07) is 0. The minimum atomic E-state index is 0. The van der Waals surface area contributed by atoms with E-state index < -0.39 is 0 Å². The van der Waals surface area contributed by atoms with Crippen molar-refractivity contribution in [1.29, 1.82) is 0 Å². The molecule has 0 amide bonds. The molecular weight excluding hydrogens is 164 g/mol. The fraction of sp³-hybridized carbons (Fsp3) is 1.00. The van der Waals surface area contributed by atoms with E-state index in [1.54, 1.807) is 0 Å². The second kappa shape index (κ2) is 15.7. The van der Waals surface area contributed by atoms with E-state index in [-0.39, 0.29) is 40.0 Å². The standard InChI is InChI=1S/C5H12.BrH.Mg.2H/c1-3-5-4-2;;;;/h3-5H2,1-2H3;1H;;;. The summed E-state index contributed by atoms with van der Waals surface area (Å²) in [6.45, 7) is 4.42. The highest BCUT2D eigenvalue weighted by Crippen LogP contribution is 1.88. The van der Waals surface area contributed by atoms with Crippen molar-refractivity contribution < 1.29 is 0 Å². The molecule has 0 aliphatic heterocycles. The molecule has 0 saturated heterocycles. The molecule has 0 rings (SSSR count). The van der Waals surface area contributed by atoms with Crippen molar-refractivity contribution in [3.05, 3.63) is 0 Å². The summed E-state index contributed by atoms with van der Waals surface area (Å²) in [5.74, 6) is 0. The second-order valence-corrected chi connectivity index (χ2v) is 1.35. The molecule has 0 spiro atoms. The molecule has 0 fully saturated rings. The first-order chi connectivity index (χ1) is 2.41. The van der Waals surface area contributed by atoms with Crippen molar-refractivity contribution in [2.75, 3.05) is 0 Å². The SMILES string of the molecule is Br.CCCCC.[MgH2]. The normalized spacial score (nSPS) is 6.00. The van der Waals surface area contributed by atoms with E-state index in [1.807, 2.05) is 0 Å². The topological polar surface area (TPSA) is 0 Å². The van der Waals surface area contributed by atoms with E-state index in [0.717, 1.165) is 0 Å². The Morgan fingerprint density at radius 3 is 1.29 bits per heavy atom. The van der Waals surface area contributed by atoms with Crippen LogP contribution in [0.3, 0.4) is 0 Å². The van der Waals surface area contributed by atoms with Crippen LogP contribution in [-0.4, -0.2) is 23.1 Å². The quantitative estimate of drug-likeness (QED) is 0.568. The first-order valence-corrected chi connectivity index (χ1v) is 2.41. The van der Waals surface area contributed by atoms with Gasteiger partial charge in [-0.2, -0.15) is 0 Å². The van der Waals surface area contributed by atoms with Crippen LogP contribution in [0.25, 0.3) is 0 Å². The fourth-order valence-electron chi connectivity index (χ4n) is 0.354. The summed E-state index contributed by atoms with van der Waals surface area (Å²) in [7, 11) is 0. The van der Waals surface area contributed by atoms with Crippen LogP contribution >= 0.6 is 17.0 Å². The Morgan fingerprint density at radius 1 is 1.00 bits per heavy atom. The zero-order valence-corrected chi connectivity index (χ0v) is 6.24. The molecular formula is C5H15BrMg. The highest BCUT2D eigenvalue weighted by atomic mass is 79.9. The molecule has 0 nitrogen and oxygen atoms in total. The van der Waals surface area contributed by atoms with Gasteiger partial charge in [-0.15, -0.1) is 17.0 Å². The predicted molar refractivity (Wildman–Crippen MR) is 44.1 cm³/mol.